The Labute approximate surface area is 149 Å². The van der Waals surface area contributed by atoms with Gasteiger partial charge in [-0.05, 0) is 19.1 Å². The molecular formula is C19H17N3O4. The van der Waals surface area contributed by atoms with E-state index in [4.69, 9.17) is 0 Å². The highest BCUT2D eigenvalue weighted by Gasteiger charge is 2.25. The minimum absolute atomic E-state index is 0.0747. The zero-order valence-electron chi connectivity index (χ0n) is 14.4. The smallest absolute Gasteiger partial charge is 0.272 e. The first-order chi connectivity index (χ1) is 12.4. The minimum Gasteiger partial charge on any atom is -0.344 e. The highest BCUT2D eigenvalue weighted by molar-refractivity contribution is 6.13. The highest BCUT2D eigenvalue weighted by atomic mass is 16.2. The summed E-state index contributed by atoms with van der Waals surface area (Å²) < 4.78 is 1.63. The van der Waals surface area contributed by atoms with Crippen LogP contribution in [0.1, 0.15) is 27.3 Å². The first-order valence-electron chi connectivity index (χ1n) is 7.98. The molecule has 0 unspecified atom stereocenters. The van der Waals surface area contributed by atoms with Gasteiger partial charge in [0.05, 0.1) is 12.1 Å². The number of hydrogen-bond donors (Lipinski definition) is 1. The number of aryl methyl sites for hydroxylation is 1. The topological polar surface area (TPSA) is 88.5 Å². The molecule has 0 aliphatic carbocycles. The quantitative estimate of drug-likeness (QED) is 0.644. The van der Waals surface area contributed by atoms with E-state index in [1.807, 2.05) is 19.1 Å². The van der Waals surface area contributed by atoms with Crippen LogP contribution in [0.4, 0.5) is 0 Å². The number of amides is 3. The Bertz CT molecular complexity index is 920. The van der Waals surface area contributed by atoms with Gasteiger partial charge in [0.25, 0.3) is 11.8 Å². The number of nitrogens with one attached hydrogen (secondary N) is 1. The molecule has 3 rings (SSSR count). The van der Waals surface area contributed by atoms with Gasteiger partial charge in [-0.25, -0.2) is 0 Å². The molecule has 0 bridgehead atoms. The maximum absolute atomic E-state index is 12.6. The van der Waals surface area contributed by atoms with Gasteiger partial charge in [-0.2, -0.15) is 5.01 Å². The fraction of sp³-hybridized carbons (Fsp3) is 0.158. The molecule has 7 heteroatoms. The van der Waals surface area contributed by atoms with Crippen LogP contribution in [0.5, 0.6) is 0 Å². The number of carbonyl (C=O) groups excluding carboxylic acids is 4. The van der Waals surface area contributed by atoms with E-state index in [0.29, 0.717) is 22.0 Å². The number of imide groups is 1. The zero-order chi connectivity index (χ0) is 18.8. The Morgan fingerprint density at radius 2 is 1.58 bits per heavy atom. The summed E-state index contributed by atoms with van der Waals surface area (Å²) in [6.45, 7) is 1.94. The van der Waals surface area contributed by atoms with Crippen molar-refractivity contribution in [1.29, 1.82) is 0 Å². The summed E-state index contributed by atoms with van der Waals surface area (Å²) in [6.07, 6.45) is 2.10. The molecule has 0 atom stereocenters. The molecule has 2 heterocycles. The summed E-state index contributed by atoms with van der Waals surface area (Å²) >= 11 is 0. The molecule has 0 radical (unpaired) electrons. The van der Waals surface area contributed by atoms with Crippen molar-refractivity contribution in [3.05, 3.63) is 71.1 Å². The summed E-state index contributed by atoms with van der Waals surface area (Å²) in [7, 11) is 1.69. The van der Waals surface area contributed by atoms with Crippen molar-refractivity contribution in [2.45, 2.75) is 13.3 Å². The monoisotopic (exact) mass is 351 g/mol. The summed E-state index contributed by atoms with van der Waals surface area (Å²) in [5.41, 5.74) is 4.93. The van der Waals surface area contributed by atoms with Gasteiger partial charge in [0, 0.05) is 30.5 Å². The maximum Gasteiger partial charge on any atom is 0.272 e. The van der Waals surface area contributed by atoms with Crippen LogP contribution < -0.4 is 5.43 Å². The normalized spacial score (nSPS) is 13.4. The van der Waals surface area contributed by atoms with Gasteiger partial charge in [0.2, 0.25) is 11.7 Å². The number of aromatic nitrogens is 1. The molecule has 1 aromatic carbocycles. The van der Waals surface area contributed by atoms with Crippen LogP contribution in [-0.4, -0.2) is 33.1 Å². The number of benzene rings is 1. The van der Waals surface area contributed by atoms with E-state index in [1.54, 1.807) is 35.9 Å². The van der Waals surface area contributed by atoms with Crippen molar-refractivity contribution in [2.75, 3.05) is 0 Å². The van der Waals surface area contributed by atoms with E-state index in [9.17, 15) is 19.2 Å². The molecule has 0 fully saturated rings. The standard InChI is InChI=1S/C19H17N3O4/c1-12-3-5-13(6-4-12)19(26)15-8-7-14(21(15)2)11-16(23)20-22-17(24)9-10-18(22)25/h3-10H,11H2,1-2H3,(H,20,23). The van der Waals surface area contributed by atoms with Gasteiger partial charge in [0.15, 0.2) is 0 Å². The molecule has 0 saturated carbocycles. The predicted octanol–water partition coefficient (Wildman–Crippen LogP) is 1.06. The summed E-state index contributed by atoms with van der Waals surface area (Å²) in [6, 6.07) is 10.6. The predicted molar refractivity (Wildman–Crippen MR) is 92.9 cm³/mol. The second-order valence-corrected chi connectivity index (χ2v) is 6.02. The number of hydrogen-bond acceptors (Lipinski definition) is 4. The highest BCUT2D eigenvalue weighted by Crippen LogP contribution is 2.14. The van der Waals surface area contributed by atoms with Gasteiger partial charge in [-0.15, -0.1) is 0 Å². The molecule has 2 aromatic rings. The Kier molecular flexibility index (Phi) is 4.53. The van der Waals surface area contributed by atoms with Crippen LogP contribution in [0.2, 0.25) is 0 Å². The summed E-state index contributed by atoms with van der Waals surface area (Å²) in [5.74, 6) is -1.85. The molecule has 1 N–H and O–H groups in total. The lowest BCUT2D eigenvalue weighted by atomic mass is 10.1. The molecule has 1 aliphatic heterocycles. The SMILES string of the molecule is Cc1ccc(C(=O)c2ccc(CC(=O)NN3C(=O)C=CC3=O)n2C)cc1. The van der Waals surface area contributed by atoms with Gasteiger partial charge in [-0.3, -0.25) is 24.6 Å². The van der Waals surface area contributed by atoms with Crippen LogP contribution in [0.3, 0.4) is 0 Å². The van der Waals surface area contributed by atoms with E-state index in [0.717, 1.165) is 17.7 Å². The number of nitrogens with zero attached hydrogens (tertiary/aromatic N) is 2. The molecule has 0 spiro atoms. The van der Waals surface area contributed by atoms with Crippen LogP contribution in [0, 0.1) is 6.92 Å². The molecule has 26 heavy (non-hydrogen) atoms. The number of hydrazine groups is 1. The molecule has 132 valence electrons. The average Bonchev–Trinajstić information content (AvgIpc) is 3.12. The average molecular weight is 351 g/mol. The largest absolute Gasteiger partial charge is 0.344 e. The molecule has 1 aromatic heterocycles. The van der Waals surface area contributed by atoms with Crippen molar-refractivity contribution in [3.63, 3.8) is 0 Å². The lowest BCUT2D eigenvalue weighted by Gasteiger charge is -2.15. The maximum atomic E-state index is 12.6. The van der Waals surface area contributed by atoms with Crippen molar-refractivity contribution in [2.24, 2.45) is 7.05 Å². The fourth-order valence-corrected chi connectivity index (χ4v) is 2.65. The van der Waals surface area contributed by atoms with Crippen LogP contribution in [0.15, 0.2) is 48.6 Å². The van der Waals surface area contributed by atoms with Gasteiger partial charge in [0.1, 0.15) is 0 Å². The molecule has 0 saturated heterocycles. The first kappa shape index (κ1) is 17.3. The van der Waals surface area contributed by atoms with Gasteiger partial charge < -0.3 is 4.57 Å². The van der Waals surface area contributed by atoms with Crippen molar-refractivity contribution in [1.82, 2.24) is 15.0 Å². The van der Waals surface area contributed by atoms with Crippen molar-refractivity contribution < 1.29 is 19.2 Å². The lowest BCUT2D eigenvalue weighted by Crippen LogP contribution is -2.46. The van der Waals surface area contributed by atoms with Crippen LogP contribution in [-0.2, 0) is 27.9 Å². The van der Waals surface area contributed by atoms with E-state index >= 15 is 0 Å². The molecule has 7 nitrogen and oxygen atoms in total. The van der Waals surface area contributed by atoms with E-state index in [1.165, 1.54) is 0 Å². The van der Waals surface area contributed by atoms with Gasteiger partial charge >= 0.3 is 0 Å². The summed E-state index contributed by atoms with van der Waals surface area (Å²) in [5, 5.41) is 0.656. The van der Waals surface area contributed by atoms with Crippen LogP contribution in [0.25, 0.3) is 0 Å². The Hall–Kier alpha value is -3.48. The molecular weight excluding hydrogens is 334 g/mol. The van der Waals surface area contributed by atoms with E-state index < -0.39 is 17.7 Å². The lowest BCUT2D eigenvalue weighted by molar-refractivity contribution is -0.146. The molecule has 3 amide bonds. The Balaban J connectivity index is 1.71. The third-order valence-electron chi connectivity index (χ3n) is 4.16. The fourth-order valence-electron chi connectivity index (χ4n) is 2.65. The van der Waals surface area contributed by atoms with E-state index in [2.05, 4.69) is 5.43 Å². The van der Waals surface area contributed by atoms with Gasteiger partial charge in [-0.1, -0.05) is 29.8 Å². The third-order valence-corrected chi connectivity index (χ3v) is 4.16. The second kappa shape index (κ2) is 6.79. The third kappa shape index (κ3) is 3.32. The Morgan fingerprint density at radius 3 is 2.19 bits per heavy atom. The number of ketones is 1. The zero-order valence-corrected chi connectivity index (χ0v) is 14.4. The number of carbonyl (C=O) groups is 4. The second-order valence-electron chi connectivity index (χ2n) is 6.02. The van der Waals surface area contributed by atoms with Crippen molar-refractivity contribution in [3.8, 4) is 0 Å². The number of rotatable bonds is 5. The van der Waals surface area contributed by atoms with Crippen molar-refractivity contribution >= 4 is 23.5 Å². The summed E-state index contributed by atoms with van der Waals surface area (Å²) in [4.78, 5) is 47.7. The molecule has 1 aliphatic rings. The Morgan fingerprint density at radius 1 is 0.962 bits per heavy atom. The first-order valence-corrected chi connectivity index (χ1v) is 7.98. The minimum atomic E-state index is -0.592. The van der Waals surface area contributed by atoms with E-state index in [-0.39, 0.29) is 12.2 Å². The van der Waals surface area contributed by atoms with Crippen LogP contribution >= 0.6 is 0 Å².